The summed E-state index contributed by atoms with van der Waals surface area (Å²) in [7, 11) is 1.53. The molecule has 1 fully saturated rings. The van der Waals surface area contributed by atoms with Gasteiger partial charge in [-0.3, -0.25) is 24.5 Å². The van der Waals surface area contributed by atoms with Gasteiger partial charge in [-0.15, -0.1) is 0 Å². The van der Waals surface area contributed by atoms with Crippen molar-refractivity contribution in [3.63, 3.8) is 0 Å². The summed E-state index contributed by atoms with van der Waals surface area (Å²) >= 11 is 0. The van der Waals surface area contributed by atoms with Crippen molar-refractivity contribution >= 4 is 40.6 Å². The topological polar surface area (TPSA) is 119 Å². The minimum Gasteiger partial charge on any atom is -0.497 e. The number of nitrogens with zero attached hydrogens (tertiary/aromatic N) is 2. The SMILES string of the molecule is COc1ccc(C(=O)[C@@H]2[C@H](C(=O)c3ccc([N+](=O)[O-])cc3)N3c4ccccc4C=C[C@H]3[C@@]23C(=O)Nc2ccccc23)cc1. The highest BCUT2D eigenvalue weighted by atomic mass is 16.6. The lowest BCUT2D eigenvalue weighted by Gasteiger charge is -2.37. The number of fused-ring (bicyclic) bond motifs is 6. The molecule has 4 aromatic carbocycles. The number of Topliss-reactive ketones (excluding diaryl/α,β-unsaturated/α-hetero) is 2. The molecule has 0 saturated carbocycles. The molecule has 0 unspecified atom stereocenters. The second kappa shape index (κ2) is 9.77. The van der Waals surface area contributed by atoms with Gasteiger partial charge in [0.2, 0.25) is 5.91 Å². The van der Waals surface area contributed by atoms with Gasteiger partial charge in [0.25, 0.3) is 5.69 Å². The molecule has 0 bridgehead atoms. The van der Waals surface area contributed by atoms with E-state index in [1.807, 2.05) is 59.5 Å². The first kappa shape index (κ1) is 26.3. The number of hydrogen-bond acceptors (Lipinski definition) is 7. The van der Waals surface area contributed by atoms with Crippen LogP contribution in [0.4, 0.5) is 17.1 Å². The number of methoxy groups -OCH3 is 1. The third-order valence-electron chi connectivity index (χ3n) is 8.83. The van der Waals surface area contributed by atoms with Crippen LogP contribution in [-0.4, -0.2) is 41.6 Å². The van der Waals surface area contributed by atoms with E-state index in [-0.39, 0.29) is 22.9 Å². The molecular formula is C34H25N3O6. The van der Waals surface area contributed by atoms with Gasteiger partial charge in [0, 0.05) is 34.6 Å². The number of carbonyl (C=O) groups is 3. The lowest BCUT2D eigenvalue weighted by atomic mass is 9.64. The Bertz CT molecular complexity index is 1850. The fourth-order valence-corrected chi connectivity index (χ4v) is 6.97. The van der Waals surface area contributed by atoms with E-state index < -0.39 is 34.1 Å². The summed E-state index contributed by atoms with van der Waals surface area (Å²) in [5.74, 6) is -1.72. The van der Waals surface area contributed by atoms with E-state index in [1.165, 1.54) is 31.4 Å². The second-order valence-corrected chi connectivity index (χ2v) is 10.8. The summed E-state index contributed by atoms with van der Waals surface area (Å²) in [6.45, 7) is 0. The molecular weight excluding hydrogens is 546 g/mol. The molecule has 7 rings (SSSR count). The molecule has 212 valence electrons. The predicted octanol–water partition coefficient (Wildman–Crippen LogP) is 5.46. The Labute approximate surface area is 246 Å². The van der Waals surface area contributed by atoms with Crippen LogP contribution in [0.3, 0.4) is 0 Å². The molecule has 4 atom stereocenters. The summed E-state index contributed by atoms with van der Waals surface area (Å²) in [6, 6.07) is 25.0. The smallest absolute Gasteiger partial charge is 0.269 e. The number of para-hydroxylation sites is 2. The third kappa shape index (κ3) is 3.74. The average molecular weight is 572 g/mol. The highest BCUT2D eigenvalue weighted by Crippen LogP contribution is 2.58. The van der Waals surface area contributed by atoms with Crippen molar-refractivity contribution in [2.24, 2.45) is 5.92 Å². The van der Waals surface area contributed by atoms with E-state index in [4.69, 9.17) is 4.74 Å². The van der Waals surface area contributed by atoms with Crippen molar-refractivity contribution in [1.82, 2.24) is 0 Å². The van der Waals surface area contributed by atoms with Gasteiger partial charge >= 0.3 is 0 Å². The van der Waals surface area contributed by atoms with Crippen LogP contribution < -0.4 is 15.0 Å². The molecule has 3 aliphatic rings. The number of nitrogens with one attached hydrogen (secondary N) is 1. The summed E-state index contributed by atoms with van der Waals surface area (Å²) in [4.78, 5) is 56.5. The average Bonchev–Trinajstić information content (AvgIpc) is 3.52. The quantitative estimate of drug-likeness (QED) is 0.185. The van der Waals surface area contributed by atoms with Gasteiger partial charge in [-0.1, -0.05) is 48.6 Å². The maximum atomic E-state index is 14.8. The summed E-state index contributed by atoms with van der Waals surface area (Å²) < 4.78 is 5.30. The van der Waals surface area contributed by atoms with Crippen molar-refractivity contribution in [2.45, 2.75) is 17.5 Å². The highest BCUT2D eigenvalue weighted by molar-refractivity contribution is 6.18. The molecule has 3 heterocycles. The number of nitro benzene ring substituents is 1. The van der Waals surface area contributed by atoms with Crippen molar-refractivity contribution in [3.05, 3.63) is 136 Å². The van der Waals surface area contributed by atoms with Gasteiger partial charge in [0.1, 0.15) is 17.2 Å². The first-order chi connectivity index (χ1) is 20.9. The van der Waals surface area contributed by atoms with Gasteiger partial charge in [0.05, 0.1) is 24.0 Å². The Balaban J connectivity index is 1.50. The predicted molar refractivity (Wildman–Crippen MR) is 161 cm³/mol. The summed E-state index contributed by atoms with van der Waals surface area (Å²) in [5, 5.41) is 14.3. The molecule has 1 amide bonds. The molecule has 0 radical (unpaired) electrons. The number of anilines is 2. The van der Waals surface area contributed by atoms with Crippen LogP contribution in [0.25, 0.3) is 6.08 Å². The van der Waals surface area contributed by atoms with Crippen LogP contribution in [0.5, 0.6) is 5.75 Å². The lowest BCUT2D eigenvalue weighted by molar-refractivity contribution is -0.384. The number of rotatable bonds is 6. The molecule has 0 aliphatic carbocycles. The molecule has 43 heavy (non-hydrogen) atoms. The van der Waals surface area contributed by atoms with E-state index in [1.54, 1.807) is 30.3 Å². The van der Waals surface area contributed by atoms with Gasteiger partial charge < -0.3 is 15.0 Å². The number of carbonyl (C=O) groups excluding carboxylic acids is 3. The van der Waals surface area contributed by atoms with Crippen molar-refractivity contribution < 1.29 is 24.0 Å². The van der Waals surface area contributed by atoms with Crippen molar-refractivity contribution in [2.75, 3.05) is 17.3 Å². The molecule has 1 spiro atoms. The van der Waals surface area contributed by atoms with Gasteiger partial charge in [0.15, 0.2) is 11.6 Å². The summed E-state index contributed by atoms with van der Waals surface area (Å²) in [5.41, 5.74) is 1.74. The van der Waals surface area contributed by atoms with E-state index in [2.05, 4.69) is 5.32 Å². The van der Waals surface area contributed by atoms with E-state index in [9.17, 15) is 24.5 Å². The Morgan fingerprint density at radius 3 is 2.26 bits per heavy atom. The molecule has 1 saturated heterocycles. The van der Waals surface area contributed by atoms with E-state index >= 15 is 0 Å². The molecule has 9 nitrogen and oxygen atoms in total. The zero-order valence-corrected chi connectivity index (χ0v) is 23.0. The Morgan fingerprint density at radius 1 is 0.884 bits per heavy atom. The van der Waals surface area contributed by atoms with Crippen molar-refractivity contribution in [3.8, 4) is 5.75 Å². The van der Waals surface area contributed by atoms with Crippen LogP contribution >= 0.6 is 0 Å². The fraction of sp³-hybridized carbons (Fsp3) is 0.147. The Kier molecular flexibility index (Phi) is 5.98. The van der Waals surface area contributed by atoms with Crippen LogP contribution in [-0.2, 0) is 10.2 Å². The van der Waals surface area contributed by atoms with Gasteiger partial charge in [-0.05, 0) is 59.7 Å². The van der Waals surface area contributed by atoms with Crippen LogP contribution in [0.2, 0.25) is 0 Å². The normalized spacial score (nSPS) is 22.9. The monoisotopic (exact) mass is 571 g/mol. The zero-order valence-electron chi connectivity index (χ0n) is 23.0. The van der Waals surface area contributed by atoms with Crippen LogP contribution in [0.15, 0.2) is 103 Å². The molecule has 0 aromatic heterocycles. The van der Waals surface area contributed by atoms with E-state index in [0.717, 1.165) is 11.3 Å². The maximum Gasteiger partial charge on any atom is 0.269 e. The van der Waals surface area contributed by atoms with Gasteiger partial charge in [-0.25, -0.2) is 0 Å². The fourth-order valence-electron chi connectivity index (χ4n) is 6.97. The Hall–Kier alpha value is -5.57. The molecule has 3 aliphatic heterocycles. The van der Waals surface area contributed by atoms with Crippen LogP contribution in [0, 0.1) is 16.0 Å². The van der Waals surface area contributed by atoms with Crippen LogP contribution in [0.1, 0.15) is 31.8 Å². The summed E-state index contributed by atoms with van der Waals surface area (Å²) in [6.07, 6.45) is 3.83. The molecule has 9 heteroatoms. The number of nitro groups is 1. The third-order valence-corrected chi connectivity index (χ3v) is 8.83. The minimum atomic E-state index is -1.45. The lowest BCUT2D eigenvalue weighted by Crippen LogP contribution is -2.51. The number of benzene rings is 4. The Morgan fingerprint density at radius 2 is 1.53 bits per heavy atom. The zero-order chi connectivity index (χ0) is 29.9. The number of hydrogen-bond donors (Lipinski definition) is 1. The largest absolute Gasteiger partial charge is 0.497 e. The minimum absolute atomic E-state index is 0.154. The number of non-ortho nitro benzene ring substituents is 1. The first-order valence-corrected chi connectivity index (χ1v) is 13.8. The first-order valence-electron chi connectivity index (χ1n) is 13.8. The molecule has 1 N–H and O–H groups in total. The molecule has 4 aromatic rings. The standard InChI is InChI=1S/C34H25N3O6/c1-43-24-17-12-21(13-18-24)31(38)29-30(32(39)22-10-15-23(16-11-22)37(41)42)36-27-9-5-2-6-20(27)14-19-28(36)34(29)25-7-3-4-8-26(25)35-33(34)40/h2-19,28-30H,1H3,(H,35,40)/t28-,29-,30+,34+/m0/s1. The van der Waals surface area contributed by atoms with E-state index in [0.29, 0.717) is 22.6 Å². The number of amides is 1. The van der Waals surface area contributed by atoms with Gasteiger partial charge in [-0.2, -0.15) is 0 Å². The highest BCUT2D eigenvalue weighted by Gasteiger charge is 2.70. The second-order valence-electron chi connectivity index (χ2n) is 10.8. The maximum absolute atomic E-state index is 14.8. The number of ether oxygens (including phenoxy) is 1. The number of ketones is 2. The van der Waals surface area contributed by atoms with Crippen molar-refractivity contribution in [1.29, 1.82) is 0 Å².